The van der Waals surface area contributed by atoms with E-state index in [1.54, 1.807) is 19.1 Å². The molecule has 0 radical (unpaired) electrons. The van der Waals surface area contributed by atoms with Crippen molar-refractivity contribution in [2.45, 2.75) is 37.5 Å². The summed E-state index contributed by atoms with van der Waals surface area (Å²) >= 11 is 0. The highest BCUT2D eigenvalue weighted by Gasteiger charge is 2.43. The van der Waals surface area contributed by atoms with E-state index in [9.17, 15) is 18.4 Å². The summed E-state index contributed by atoms with van der Waals surface area (Å²) in [5, 5.41) is 14.6. The van der Waals surface area contributed by atoms with E-state index >= 15 is 0 Å². The highest BCUT2D eigenvalue weighted by atomic mass is 19.1. The van der Waals surface area contributed by atoms with E-state index in [-0.39, 0.29) is 24.8 Å². The molecule has 146 valence electrons. The quantitative estimate of drug-likeness (QED) is 0.820. The largest absolute Gasteiger partial charge is 0.350 e. The Kier molecular flexibility index (Phi) is 4.63. The Morgan fingerprint density at radius 1 is 1.50 bits per heavy atom. The molecule has 3 aliphatic rings. The van der Waals surface area contributed by atoms with Gasteiger partial charge in [0.15, 0.2) is 0 Å². The molecular formula is C20H20F2N4O2. The highest BCUT2D eigenvalue weighted by Crippen LogP contribution is 2.45. The summed E-state index contributed by atoms with van der Waals surface area (Å²) in [7, 11) is 0. The number of nitrogens with zero attached hydrogens (tertiary/aromatic N) is 2. The minimum atomic E-state index is -1.24. The molecule has 2 N–H and O–H groups in total. The minimum absolute atomic E-state index is 0.135. The summed E-state index contributed by atoms with van der Waals surface area (Å²) in [6, 6.07) is 5.24. The van der Waals surface area contributed by atoms with Gasteiger partial charge in [0, 0.05) is 23.8 Å². The average molecular weight is 386 g/mol. The summed E-state index contributed by atoms with van der Waals surface area (Å²) in [5.74, 6) is -1.88. The summed E-state index contributed by atoms with van der Waals surface area (Å²) in [6.07, 6.45) is 0.636. The van der Waals surface area contributed by atoms with Gasteiger partial charge in [-0.05, 0) is 37.1 Å². The van der Waals surface area contributed by atoms with Gasteiger partial charge in [0.2, 0.25) is 11.8 Å². The standard InChI is InChI=1S/C20H20F2N4O2/c1-10(19-16(22)4-11(7-23)8-24-19)25-18(27)9-26-17-6-15(20(26)28)13-3-2-12(21)5-14(13)17/h2-3,5-6,10-11,15-16,19,24H,4,8-9H2,1H3,(H,25,27)/t10-,11?,15-,16?,19?/m0/s1. The predicted molar refractivity (Wildman–Crippen MR) is 96.8 cm³/mol. The third-order valence-electron chi connectivity index (χ3n) is 5.68. The molecule has 2 heterocycles. The highest BCUT2D eigenvalue weighted by molar-refractivity contribution is 6.06. The first-order chi connectivity index (χ1) is 13.4. The maximum Gasteiger partial charge on any atom is 0.240 e. The second kappa shape index (κ2) is 6.99. The van der Waals surface area contributed by atoms with Gasteiger partial charge >= 0.3 is 0 Å². The Balaban J connectivity index is 1.39. The molecule has 2 bridgehead atoms. The Morgan fingerprint density at radius 3 is 3.00 bits per heavy atom. The molecular weight excluding hydrogens is 366 g/mol. The van der Waals surface area contributed by atoms with Crippen LogP contribution in [-0.2, 0) is 9.59 Å². The minimum Gasteiger partial charge on any atom is -0.350 e. The van der Waals surface area contributed by atoms with Crippen molar-refractivity contribution in [2.75, 3.05) is 13.1 Å². The number of hydrogen-bond acceptors (Lipinski definition) is 4. The molecule has 3 unspecified atom stereocenters. The fourth-order valence-electron chi connectivity index (χ4n) is 4.28. The van der Waals surface area contributed by atoms with Crippen LogP contribution in [0.1, 0.15) is 30.4 Å². The zero-order valence-corrected chi connectivity index (χ0v) is 15.3. The summed E-state index contributed by atoms with van der Waals surface area (Å²) in [6.45, 7) is 1.87. The molecule has 1 aromatic carbocycles. The van der Waals surface area contributed by atoms with Crippen LogP contribution in [0.5, 0.6) is 0 Å². The molecule has 5 atom stereocenters. The third-order valence-corrected chi connectivity index (χ3v) is 5.68. The Labute approximate surface area is 161 Å². The normalized spacial score (nSPS) is 29.1. The van der Waals surface area contributed by atoms with Crippen LogP contribution >= 0.6 is 0 Å². The van der Waals surface area contributed by atoms with E-state index in [2.05, 4.69) is 10.6 Å². The Hall–Kier alpha value is -2.79. The summed E-state index contributed by atoms with van der Waals surface area (Å²) in [5.41, 5.74) is 1.93. The van der Waals surface area contributed by atoms with Gasteiger partial charge in [-0.3, -0.25) is 9.59 Å². The topological polar surface area (TPSA) is 85.2 Å². The molecule has 6 nitrogen and oxygen atoms in total. The van der Waals surface area contributed by atoms with Gasteiger partial charge in [-0.2, -0.15) is 5.26 Å². The molecule has 1 fully saturated rings. The van der Waals surface area contributed by atoms with Crippen LogP contribution in [0.25, 0.3) is 5.70 Å². The molecule has 0 saturated carbocycles. The van der Waals surface area contributed by atoms with Crippen LogP contribution in [0.15, 0.2) is 24.3 Å². The first kappa shape index (κ1) is 18.6. The van der Waals surface area contributed by atoms with E-state index in [0.717, 1.165) is 5.56 Å². The number of amides is 2. The molecule has 4 rings (SSSR count). The number of fused-ring (bicyclic) bond motifs is 4. The van der Waals surface area contributed by atoms with E-state index in [1.807, 2.05) is 6.07 Å². The molecule has 0 spiro atoms. The zero-order chi connectivity index (χ0) is 20.0. The Bertz CT molecular complexity index is 910. The van der Waals surface area contributed by atoms with E-state index in [0.29, 0.717) is 17.8 Å². The molecule has 1 aliphatic carbocycles. The van der Waals surface area contributed by atoms with E-state index in [1.165, 1.54) is 17.0 Å². The molecule has 1 aromatic rings. The molecule has 28 heavy (non-hydrogen) atoms. The lowest BCUT2D eigenvalue weighted by atomic mass is 9.90. The Morgan fingerprint density at radius 2 is 2.29 bits per heavy atom. The van der Waals surface area contributed by atoms with Crippen molar-refractivity contribution >= 4 is 17.5 Å². The number of carbonyl (C=O) groups is 2. The lowest BCUT2D eigenvalue weighted by molar-refractivity contribution is -0.133. The maximum absolute atomic E-state index is 14.3. The van der Waals surface area contributed by atoms with Gasteiger partial charge in [-0.25, -0.2) is 8.78 Å². The number of rotatable bonds is 4. The first-order valence-electron chi connectivity index (χ1n) is 9.28. The smallest absolute Gasteiger partial charge is 0.240 e. The van der Waals surface area contributed by atoms with Gasteiger partial charge in [-0.15, -0.1) is 0 Å². The van der Waals surface area contributed by atoms with Crippen molar-refractivity contribution in [3.05, 3.63) is 41.2 Å². The lowest BCUT2D eigenvalue weighted by Crippen LogP contribution is -2.58. The van der Waals surface area contributed by atoms with Crippen LogP contribution < -0.4 is 10.6 Å². The van der Waals surface area contributed by atoms with Crippen LogP contribution in [0.3, 0.4) is 0 Å². The number of alkyl halides is 1. The number of benzene rings is 1. The van der Waals surface area contributed by atoms with Crippen molar-refractivity contribution in [3.8, 4) is 6.07 Å². The van der Waals surface area contributed by atoms with Crippen LogP contribution in [-0.4, -0.2) is 48.1 Å². The number of nitriles is 1. The van der Waals surface area contributed by atoms with Crippen molar-refractivity contribution in [2.24, 2.45) is 5.92 Å². The average Bonchev–Trinajstić information content (AvgIpc) is 3.17. The van der Waals surface area contributed by atoms with Crippen molar-refractivity contribution < 1.29 is 18.4 Å². The fraction of sp³-hybridized carbons (Fsp3) is 0.450. The zero-order valence-electron chi connectivity index (χ0n) is 15.3. The maximum atomic E-state index is 14.3. The molecule has 8 heteroatoms. The van der Waals surface area contributed by atoms with Crippen molar-refractivity contribution in [1.29, 1.82) is 5.26 Å². The lowest BCUT2D eigenvalue weighted by Gasteiger charge is -2.35. The van der Waals surface area contributed by atoms with Gasteiger partial charge in [-0.1, -0.05) is 6.07 Å². The van der Waals surface area contributed by atoms with Gasteiger partial charge < -0.3 is 15.5 Å². The number of piperidine rings is 1. The molecule has 0 aromatic heterocycles. The number of hydrogen-bond donors (Lipinski definition) is 2. The van der Waals surface area contributed by atoms with Crippen LogP contribution in [0, 0.1) is 23.1 Å². The van der Waals surface area contributed by atoms with Crippen LogP contribution in [0.4, 0.5) is 8.78 Å². The van der Waals surface area contributed by atoms with Crippen molar-refractivity contribution in [1.82, 2.24) is 15.5 Å². The molecule has 2 aliphatic heterocycles. The van der Waals surface area contributed by atoms with E-state index < -0.39 is 35.9 Å². The fourth-order valence-corrected chi connectivity index (χ4v) is 4.28. The third kappa shape index (κ3) is 3.06. The first-order valence-corrected chi connectivity index (χ1v) is 9.28. The molecule has 2 amide bonds. The van der Waals surface area contributed by atoms with Gasteiger partial charge in [0.05, 0.1) is 23.9 Å². The monoisotopic (exact) mass is 386 g/mol. The molecule has 1 saturated heterocycles. The predicted octanol–water partition coefficient (Wildman–Crippen LogP) is 1.45. The van der Waals surface area contributed by atoms with E-state index in [4.69, 9.17) is 5.26 Å². The van der Waals surface area contributed by atoms with Gasteiger partial charge in [0.25, 0.3) is 0 Å². The van der Waals surface area contributed by atoms with Gasteiger partial charge in [0.1, 0.15) is 18.5 Å². The SMILES string of the molecule is C[C@H](NC(=O)CN1C(=O)[C@H]2C=C1c1cc(F)ccc12)C1NCC(C#N)CC1F. The number of nitrogens with one attached hydrogen (secondary N) is 2. The second-order valence-electron chi connectivity index (χ2n) is 7.55. The summed E-state index contributed by atoms with van der Waals surface area (Å²) in [4.78, 5) is 26.4. The van der Waals surface area contributed by atoms with Crippen molar-refractivity contribution in [3.63, 3.8) is 0 Å². The van der Waals surface area contributed by atoms with Crippen LogP contribution in [0.2, 0.25) is 0 Å². The number of carbonyl (C=O) groups excluding carboxylic acids is 2. The number of halogens is 2. The summed E-state index contributed by atoms with van der Waals surface area (Å²) < 4.78 is 27.9. The second-order valence-corrected chi connectivity index (χ2v) is 7.55.